The van der Waals surface area contributed by atoms with Gasteiger partial charge in [-0.05, 0) is 56.7 Å². The summed E-state index contributed by atoms with van der Waals surface area (Å²) in [4.78, 5) is 15.4. The number of alkyl halides is 3. The highest BCUT2D eigenvalue weighted by molar-refractivity contribution is 5.76. The Balaban J connectivity index is 1.64. The van der Waals surface area contributed by atoms with Crippen LogP contribution in [0.15, 0.2) is 42.5 Å². The molecule has 0 saturated heterocycles. The van der Waals surface area contributed by atoms with Gasteiger partial charge in [-0.15, -0.1) is 0 Å². The van der Waals surface area contributed by atoms with E-state index in [-0.39, 0.29) is 12.4 Å². The van der Waals surface area contributed by atoms with Gasteiger partial charge in [0.2, 0.25) is 0 Å². The van der Waals surface area contributed by atoms with Crippen molar-refractivity contribution in [2.24, 2.45) is 0 Å². The largest absolute Gasteiger partial charge is 0.486 e. The van der Waals surface area contributed by atoms with Gasteiger partial charge in [0.1, 0.15) is 18.1 Å². The summed E-state index contributed by atoms with van der Waals surface area (Å²) >= 11 is 0. The summed E-state index contributed by atoms with van der Waals surface area (Å²) < 4.78 is 49.2. The van der Waals surface area contributed by atoms with Crippen LogP contribution in [0.3, 0.4) is 0 Å². The molecule has 2 N–H and O–H groups in total. The lowest BCUT2D eigenvalue weighted by atomic mass is 10.1. The maximum absolute atomic E-state index is 12.7. The zero-order valence-electron chi connectivity index (χ0n) is 16.9. The molecule has 0 aliphatic rings. The van der Waals surface area contributed by atoms with Crippen LogP contribution in [0.5, 0.6) is 11.5 Å². The van der Waals surface area contributed by atoms with Gasteiger partial charge in [0.25, 0.3) is 0 Å². The van der Waals surface area contributed by atoms with Crippen molar-refractivity contribution in [1.82, 2.24) is 15.2 Å². The molecular formula is C21H20F3N3O4. The van der Waals surface area contributed by atoms with Crippen LogP contribution in [0.25, 0.3) is 11.4 Å². The standard InChI is InChI=1S/C21H20F3N3O4/c1-12-10-15(8-9-16(12)31-20(2,3)19(28)29)30-11-17-25-18(27-26-17)13-4-6-14(7-5-13)21(22,23)24/h4-10H,11H2,1-3H3,(H,28,29)(H,25,26,27). The van der Waals surface area contributed by atoms with Crippen molar-refractivity contribution >= 4 is 5.97 Å². The predicted molar refractivity (Wildman–Crippen MR) is 105 cm³/mol. The number of nitrogens with zero attached hydrogens (tertiary/aromatic N) is 2. The number of carboxylic acids is 1. The van der Waals surface area contributed by atoms with Gasteiger partial charge < -0.3 is 14.6 Å². The average molecular weight is 435 g/mol. The summed E-state index contributed by atoms with van der Waals surface area (Å²) in [5.41, 5.74) is -0.990. The summed E-state index contributed by atoms with van der Waals surface area (Å²) in [5.74, 6) is 0.485. The van der Waals surface area contributed by atoms with E-state index in [4.69, 9.17) is 9.47 Å². The normalized spacial score (nSPS) is 11.9. The van der Waals surface area contributed by atoms with Crippen molar-refractivity contribution in [2.75, 3.05) is 0 Å². The molecule has 31 heavy (non-hydrogen) atoms. The molecule has 0 amide bonds. The molecule has 0 atom stereocenters. The first-order valence-corrected chi connectivity index (χ1v) is 9.20. The van der Waals surface area contributed by atoms with E-state index in [0.29, 0.717) is 28.5 Å². The highest BCUT2D eigenvalue weighted by Crippen LogP contribution is 2.30. The maximum atomic E-state index is 12.7. The summed E-state index contributed by atoms with van der Waals surface area (Å²) in [6, 6.07) is 9.49. The van der Waals surface area contributed by atoms with Crippen LogP contribution in [0, 0.1) is 6.92 Å². The fraction of sp³-hybridized carbons (Fsp3) is 0.286. The second-order valence-corrected chi connectivity index (χ2v) is 7.31. The van der Waals surface area contributed by atoms with E-state index < -0.39 is 23.3 Å². The third kappa shape index (κ3) is 5.33. The van der Waals surface area contributed by atoms with Crippen LogP contribution in [0.2, 0.25) is 0 Å². The highest BCUT2D eigenvalue weighted by atomic mass is 19.4. The molecule has 1 aromatic heterocycles. The molecule has 10 heteroatoms. The lowest BCUT2D eigenvalue weighted by Gasteiger charge is -2.23. The predicted octanol–water partition coefficient (Wildman–Crippen LogP) is 4.62. The molecule has 0 spiro atoms. The minimum absolute atomic E-state index is 0.0495. The number of benzene rings is 2. The molecule has 164 valence electrons. The Morgan fingerprint density at radius 2 is 1.81 bits per heavy atom. The quantitative estimate of drug-likeness (QED) is 0.562. The molecule has 0 bridgehead atoms. The van der Waals surface area contributed by atoms with Crippen LogP contribution in [0.1, 0.15) is 30.8 Å². The fourth-order valence-electron chi connectivity index (χ4n) is 2.59. The average Bonchev–Trinajstić information content (AvgIpc) is 3.16. The van der Waals surface area contributed by atoms with Crippen LogP contribution < -0.4 is 9.47 Å². The molecule has 0 fully saturated rings. The monoisotopic (exact) mass is 435 g/mol. The zero-order valence-corrected chi connectivity index (χ0v) is 16.9. The van der Waals surface area contributed by atoms with E-state index in [1.807, 2.05) is 0 Å². The number of H-pyrrole nitrogens is 1. The lowest BCUT2D eigenvalue weighted by molar-refractivity contribution is -0.152. The van der Waals surface area contributed by atoms with E-state index in [9.17, 15) is 23.1 Å². The Labute approximate surface area is 175 Å². The first-order chi connectivity index (χ1) is 14.5. The number of hydrogen-bond donors (Lipinski definition) is 2. The summed E-state index contributed by atoms with van der Waals surface area (Å²) in [7, 11) is 0. The van der Waals surface area contributed by atoms with Gasteiger partial charge in [0.05, 0.1) is 5.56 Å². The molecule has 7 nitrogen and oxygen atoms in total. The van der Waals surface area contributed by atoms with Crippen LogP contribution >= 0.6 is 0 Å². The highest BCUT2D eigenvalue weighted by Gasteiger charge is 2.30. The fourth-order valence-corrected chi connectivity index (χ4v) is 2.59. The third-order valence-corrected chi connectivity index (χ3v) is 4.40. The van der Waals surface area contributed by atoms with Crippen LogP contribution in [-0.4, -0.2) is 31.9 Å². The Morgan fingerprint density at radius 1 is 1.13 bits per heavy atom. The molecule has 0 aliphatic heterocycles. The second-order valence-electron chi connectivity index (χ2n) is 7.31. The molecule has 1 heterocycles. The van der Waals surface area contributed by atoms with E-state index in [2.05, 4.69) is 15.2 Å². The molecule has 0 saturated carbocycles. The van der Waals surface area contributed by atoms with Gasteiger partial charge in [-0.1, -0.05) is 12.1 Å². The van der Waals surface area contributed by atoms with E-state index in [1.165, 1.54) is 26.0 Å². The number of aromatic amines is 1. The Morgan fingerprint density at radius 3 is 2.39 bits per heavy atom. The van der Waals surface area contributed by atoms with E-state index >= 15 is 0 Å². The Kier molecular flexibility index (Phi) is 5.92. The smallest absolute Gasteiger partial charge is 0.416 e. The molecule has 0 radical (unpaired) electrons. The maximum Gasteiger partial charge on any atom is 0.416 e. The SMILES string of the molecule is Cc1cc(OCc2nc(-c3ccc(C(F)(F)F)cc3)n[nH]2)ccc1OC(C)(C)C(=O)O. The van der Waals surface area contributed by atoms with Gasteiger partial charge in [-0.3, -0.25) is 5.10 Å². The first kappa shape index (κ1) is 22.1. The topological polar surface area (TPSA) is 97.3 Å². The van der Waals surface area contributed by atoms with Crippen molar-refractivity contribution < 1.29 is 32.5 Å². The van der Waals surface area contributed by atoms with Crippen LogP contribution in [-0.2, 0) is 17.6 Å². The molecule has 0 unspecified atom stereocenters. The van der Waals surface area contributed by atoms with E-state index in [0.717, 1.165) is 12.1 Å². The Bertz CT molecular complexity index is 1080. The number of aromatic nitrogens is 3. The first-order valence-electron chi connectivity index (χ1n) is 9.20. The van der Waals surface area contributed by atoms with Gasteiger partial charge in [-0.25, -0.2) is 9.78 Å². The van der Waals surface area contributed by atoms with Gasteiger partial charge in [-0.2, -0.15) is 18.3 Å². The molecule has 0 aliphatic carbocycles. The minimum Gasteiger partial charge on any atom is -0.486 e. The number of nitrogens with one attached hydrogen (secondary N) is 1. The van der Waals surface area contributed by atoms with E-state index in [1.54, 1.807) is 25.1 Å². The summed E-state index contributed by atoms with van der Waals surface area (Å²) in [6.07, 6.45) is -4.40. The second kappa shape index (κ2) is 8.29. The zero-order chi connectivity index (χ0) is 22.8. The number of rotatable bonds is 7. The third-order valence-electron chi connectivity index (χ3n) is 4.40. The molecular weight excluding hydrogens is 415 g/mol. The van der Waals surface area contributed by atoms with Crippen molar-refractivity contribution in [1.29, 1.82) is 0 Å². The van der Waals surface area contributed by atoms with Crippen molar-refractivity contribution in [3.63, 3.8) is 0 Å². The molecule has 3 aromatic rings. The number of aliphatic carboxylic acids is 1. The molecule has 3 rings (SSSR count). The minimum atomic E-state index is -4.40. The van der Waals surface area contributed by atoms with Gasteiger partial charge >= 0.3 is 12.1 Å². The summed E-state index contributed by atoms with van der Waals surface area (Å²) in [5, 5.41) is 15.9. The summed E-state index contributed by atoms with van der Waals surface area (Å²) in [6.45, 7) is 4.72. The van der Waals surface area contributed by atoms with Gasteiger partial charge in [0.15, 0.2) is 17.2 Å². The lowest BCUT2D eigenvalue weighted by Crippen LogP contribution is -2.38. The number of carbonyl (C=O) groups is 1. The van der Waals surface area contributed by atoms with Crippen molar-refractivity contribution in [3.8, 4) is 22.9 Å². The van der Waals surface area contributed by atoms with Crippen molar-refractivity contribution in [3.05, 3.63) is 59.4 Å². The number of hydrogen-bond acceptors (Lipinski definition) is 5. The molecule has 2 aromatic carbocycles. The number of carboxylic acid groups (broad SMARTS) is 1. The van der Waals surface area contributed by atoms with Crippen molar-refractivity contribution in [2.45, 2.75) is 39.2 Å². The number of halogens is 3. The van der Waals surface area contributed by atoms with Gasteiger partial charge in [0, 0.05) is 5.56 Å². The van der Waals surface area contributed by atoms with Crippen LogP contribution in [0.4, 0.5) is 13.2 Å². The number of aryl methyl sites for hydroxylation is 1. The number of ether oxygens (including phenoxy) is 2. The Hall–Kier alpha value is -3.56.